The van der Waals surface area contributed by atoms with Crippen molar-refractivity contribution in [3.8, 4) is 0 Å². The first-order valence-corrected chi connectivity index (χ1v) is 5.33. The van der Waals surface area contributed by atoms with Gasteiger partial charge in [-0.1, -0.05) is 48.6 Å². The lowest BCUT2D eigenvalue weighted by Gasteiger charge is -2.06. The maximum absolute atomic E-state index is 11.5. The second kappa shape index (κ2) is 4.74. The molecule has 76 valence electrons. The summed E-state index contributed by atoms with van der Waals surface area (Å²) in [6.45, 7) is 0. The molecule has 0 saturated heterocycles. The predicted molar refractivity (Wildman–Crippen MR) is 62.4 cm³/mol. The zero-order valence-corrected chi connectivity index (χ0v) is 8.65. The number of hydrogen-bond acceptors (Lipinski definition) is 1. The zero-order chi connectivity index (χ0) is 10.5. The molecule has 0 saturated carbocycles. The van der Waals surface area contributed by atoms with Gasteiger partial charge in [0.15, 0.2) is 5.78 Å². The Morgan fingerprint density at radius 3 is 2.60 bits per heavy atom. The number of carbonyl (C=O) groups is 1. The van der Waals surface area contributed by atoms with Crippen LogP contribution < -0.4 is 0 Å². The molecule has 0 amide bonds. The Morgan fingerprint density at radius 2 is 1.87 bits per heavy atom. The van der Waals surface area contributed by atoms with Gasteiger partial charge < -0.3 is 0 Å². The molecule has 0 atom stereocenters. The Hall–Kier alpha value is -1.63. The summed E-state index contributed by atoms with van der Waals surface area (Å²) in [5.74, 6) is 0.272. The van der Waals surface area contributed by atoms with E-state index in [-0.39, 0.29) is 5.78 Å². The number of ketones is 1. The van der Waals surface area contributed by atoms with Crippen LogP contribution in [0.25, 0.3) is 6.08 Å². The van der Waals surface area contributed by atoms with E-state index in [1.54, 1.807) is 0 Å². The average molecular weight is 198 g/mol. The average Bonchev–Trinajstić information content (AvgIpc) is 2.29. The molecule has 15 heavy (non-hydrogen) atoms. The molecule has 1 aliphatic carbocycles. The standard InChI is InChI=1S/C14H14O/c15-14-9-5-4-8-13(14)11-10-12-6-2-1-3-7-12/h1-3,6-8,10-11H,4-5,9H2/b11-10+. The van der Waals surface area contributed by atoms with E-state index < -0.39 is 0 Å². The van der Waals surface area contributed by atoms with Crippen LogP contribution in [0.15, 0.2) is 48.1 Å². The molecule has 1 nitrogen and oxygen atoms in total. The van der Waals surface area contributed by atoms with Crippen LogP contribution in [0, 0.1) is 0 Å². The molecule has 0 N–H and O–H groups in total. The van der Waals surface area contributed by atoms with Crippen molar-refractivity contribution in [1.82, 2.24) is 0 Å². The Morgan fingerprint density at radius 1 is 1.07 bits per heavy atom. The molecule has 0 heterocycles. The van der Waals surface area contributed by atoms with Crippen LogP contribution in [-0.2, 0) is 4.79 Å². The highest BCUT2D eigenvalue weighted by atomic mass is 16.1. The number of carbonyl (C=O) groups excluding carboxylic acids is 1. The van der Waals surface area contributed by atoms with Gasteiger partial charge >= 0.3 is 0 Å². The van der Waals surface area contributed by atoms with E-state index in [4.69, 9.17) is 0 Å². The van der Waals surface area contributed by atoms with Gasteiger partial charge in [-0.25, -0.2) is 0 Å². The minimum absolute atomic E-state index is 0.272. The molecule has 0 fully saturated rings. The zero-order valence-electron chi connectivity index (χ0n) is 8.65. The molecule has 0 aliphatic heterocycles. The lowest BCUT2D eigenvalue weighted by molar-refractivity contribution is -0.115. The van der Waals surface area contributed by atoms with Gasteiger partial charge in [0.2, 0.25) is 0 Å². The summed E-state index contributed by atoms with van der Waals surface area (Å²) in [6, 6.07) is 10.0. The van der Waals surface area contributed by atoms with Crippen LogP contribution in [0.5, 0.6) is 0 Å². The van der Waals surface area contributed by atoms with Crippen molar-refractivity contribution in [2.75, 3.05) is 0 Å². The maximum Gasteiger partial charge on any atom is 0.162 e. The fraction of sp³-hybridized carbons (Fsp3) is 0.214. The van der Waals surface area contributed by atoms with E-state index in [9.17, 15) is 4.79 Å². The van der Waals surface area contributed by atoms with Crippen molar-refractivity contribution in [1.29, 1.82) is 0 Å². The van der Waals surface area contributed by atoms with E-state index in [1.165, 1.54) is 0 Å². The van der Waals surface area contributed by atoms with Gasteiger partial charge in [-0.3, -0.25) is 4.79 Å². The van der Waals surface area contributed by atoms with Crippen molar-refractivity contribution in [3.05, 3.63) is 53.6 Å². The third-order valence-electron chi connectivity index (χ3n) is 2.55. The minimum Gasteiger partial charge on any atom is -0.294 e. The molecule has 1 aliphatic rings. The van der Waals surface area contributed by atoms with Gasteiger partial charge in [0.1, 0.15) is 0 Å². The lowest BCUT2D eigenvalue weighted by atomic mass is 9.97. The molecule has 0 radical (unpaired) electrons. The minimum atomic E-state index is 0.272. The molecule has 0 aromatic heterocycles. The first-order valence-electron chi connectivity index (χ1n) is 5.33. The SMILES string of the molecule is O=C1CCCC=C1/C=C/c1ccccc1. The van der Waals surface area contributed by atoms with Crippen LogP contribution in [0.3, 0.4) is 0 Å². The molecule has 1 aromatic rings. The quantitative estimate of drug-likeness (QED) is 0.712. The van der Waals surface area contributed by atoms with Gasteiger partial charge in [0.05, 0.1) is 0 Å². The summed E-state index contributed by atoms with van der Waals surface area (Å²) in [7, 11) is 0. The van der Waals surface area contributed by atoms with Crippen LogP contribution >= 0.6 is 0 Å². The van der Waals surface area contributed by atoms with E-state index in [2.05, 4.69) is 0 Å². The summed E-state index contributed by atoms with van der Waals surface area (Å²) < 4.78 is 0. The molecule has 2 rings (SSSR count). The smallest absolute Gasteiger partial charge is 0.162 e. The highest BCUT2D eigenvalue weighted by molar-refractivity contribution is 5.99. The fourth-order valence-electron chi connectivity index (χ4n) is 1.69. The summed E-state index contributed by atoms with van der Waals surface area (Å²) in [5, 5.41) is 0. The van der Waals surface area contributed by atoms with Crippen molar-refractivity contribution in [2.24, 2.45) is 0 Å². The first-order chi connectivity index (χ1) is 7.36. The van der Waals surface area contributed by atoms with Gasteiger partial charge in [0, 0.05) is 12.0 Å². The van der Waals surface area contributed by atoms with Crippen LogP contribution in [0.1, 0.15) is 24.8 Å². The lowest BCUT2D eigenvalue weighted by Crippen LogP contribution is -2.04. The summed E-state index contributed by atoms with van der Waals surface area (Å²) in [4.78, 5) is 11.5. The summed E-state index contributed by atoms with van der Waals surface area (Å²) in [6.07, 6.45) is 8.68. The monoisotopic (exact) mass is 198 g/mol. The van der Waals surface area contributed by atoms with E-state index in [1.807, 2.05) is 48.6 Å². The normalized spacial score (nSPS) is 16.8. The largest absolute Gasteiger partial charge is 0.294 e. The Kier molecular flexibility index (Phi) is 3.13. The molecule has 1 aromatic carbocycles. The molecular formula is C14H14O. The summed E-state index contributed by atoms with van der Waals surface area (Å²) in [5.41, 5.74) is 2.00. The predicted octanol–water partition coefficient (Wildman–Crippen LogP) is 3.38. The molecule has 0 unspecified atom stereocenters. The summed E-state index contributed by atoms with van der Waals surface area (Å²) >= 11 is 0. The van der Waals surface area contributed by atoms with Gasteiger partial charge in [-0.05, 0) is 18.4 Å². The fourth-order valence-corrected chi connectivity index (χ4v) is 1.69. The number of allylic oxidation sites excluding steroid dienone is 3. The van der Waals surface area contributed by atoms with Gasteiger partial charge in [0.25, 0.3) is 0 Å². The third kappa shape index (κ3) is 2.66. The highest BCUT2D eigenvalue weighted by Gasteiger charge is 2.09. The molecule has 0 spiro atoms. The van der Waals surface area contributed by atoms with Crippen molar-refractivity contribution >= 4 is 11.9 Å². The van der Waals surface area contributed by atoms with Crippen LogP contribution in [0.4, 0.5) is 0 Å². The number of benzene rings is 1. The Labute approximate surface area is 90.1 Å². The van der Waals surface area contributed by atoms with Gasteiger partial charge in [-0.2, -0.15) is 0 Å². The second-order valence-corrected chi connectivity index (χ2v) is 3.72. The van der Waals surface area contributed by atoms with E-state index >= 15 is 0 Å². The van der Waals surface area contributed by atoms with Crippen LogP contribution in [0.2, 0.25) is 0 Å². The Balaban J connectivity index is 2.11. The molecule has 1 heteroatoms. The number of Topliss-reactive ketones (excluding diaryl/α,β-unsaturated/α-hetero) is 1. The molecular weight excluding hydrogens is 184 g/mol. The highest BCUT2D eigenvalue weighted by Crippen LogP contribution is 2.16. The Bertz CT molecular complexity index is 399. The number of rotatable bonds is 2. The van der Waals surface area contributed by atoms with Crippen molar-refractivity contribution < 1.29 is 4.79 Å². The van der Waals surface area contributed by atoms with E-state index in [0.29, 0.717) is 6.42 Å². The first kappa shape index (κ1) is 9.91. The van der Waals surface area contributed by atoms with Crippen molar-refractivity contribution in [3.63, 3.8) is 0 Å². The van der Waals surface area contributed by atoms with Crippen molar-refractivity contribution in [2.45, 2.75) is 19.3 Å². The third-order valence-corrected chi connectivity index (χ3v) is 2.55. The number of hydrogen-bond donors (Lipinski definition) is 0. The topological polar surface area (TPSA) is 17.1 Å². The van der Waals surface area contributed by atoms with Gasteiger partial charge in [-0.15, -0.1) is 0 Å². The van der Waals surface area contributed by atoms with Crippen LogP contribution in [-0.4, -0.2) is 5.78 Å². The maximum atomic E-state index is 11.5. The second-order valence-electron chi connectivity index (χ2n) is 3.72. The van der Waals surface area contributed by atoms with E-state index in [0.717, 1.165) is 24.0 Å². The molecule has 0 bridgehead atoms.